The predicted octanol–water partition coefficient (Wildman–Crippen LogP) is 3.56. The van der Waals surface area contributed by atoms with E-state index < -0.39 is 6.04 Å². The van der Waals surface area contributed by atoms with Crippen LogP contribution in [0.4, 0.5) is 11.4 Å². The number of benzene rings is 1. The summed E-state index contributed by atoms with van der Waals surface area (Å²) in [4.78, 5) is 39.7. The molecule has 1 aliphatic heterocycles. The van der Waals surface area contributed by atoms with Gasteiger partial charge in [0.15, 0.2) is 0 Å². The third-order valence-electron chi connectivity index (χ3n) is 4.77. The van der Waals surface area contributed by atoms with E-state index in [-0.39, 0.29) is 24.3 Å². The average molecular weight is 482 g/mol. The molecule has 166 valence electrons. The Morgan fingerprint density at radius 3 is 2.77 bits per heavy atom. The van der Waals surface area contributed by atoms with E-state index in [0.717, 1.165) is 17.0 Å². The second kappa shape index (κ2) is 11.0. The molecule has 1 atom stereocenters. The van der Waals surface area contributed by atoms with Gasteiger partial charge in [-0.05, 0) is 61.2 Å². The first-order valence-electron chi connectivity index (χ1n) is 9.74. The lowest BCUT2D eigenvalue weighted by Crippen LogP contribution is -2.44. The van der Waals surface area contributed by atoms with Crippen molar-refractivity contribution < 1.29 is 19.1 Å². The molecule has 0 unspecified atom stereocenters. The van der Waals surface area contributed by atoms with Crippen molar-refractivity contribution in [2.24, 2.45) is 0 Å². The number of carbonyl (C=O) groups is 3. The second-order valence-corrected chi connectivity index (χ2v) is 9.70. The van der Waals surface area contributed by atoms with Crippen molar-refractivity contribution >= 4 is 63.8 Å². The molecule has 2 heterocycles. The zero-order chi connectivity index (χ0) is 22.4. The SMILES string of the molecule is CSCC[C@@H](NC(=O)c1ccc(Cl)s1)C(=O)Nc1ccc(N2CCOCC2=O)c(C)c1. The molecule has 3 amide bonds. The summed E-state index contributed by atoms with van der Waals surface area (Å²) in [6.07, 6.45) is 2.45. The van der Waals surface area contributed by atoms with E-state index >= 15 is 0 Å². The third kappa shape index (κ3) is 6.22. The van der Waals surface area contributed by atoms with Gasteiger partial charge in [0, 0.05) is 17.9 Å². The first-order chi connectivity index (χ1) is 14.9. The van der Waals surface area contributed by atoms with Crippen LogP contribution in [0.15, 0.2) is 30.3 Å². The van der Waals surface area contributed by atoms with Crippen LogP contribution in [0.25, 0.3) is 0 Å². The van der Waals surface area contributed by atoms with E-state index in [2.05, 4.69) is 10.6 Å². The van der Waals surface area contributed by atoms with Gasteiger partial charge in [-0.25, -0.2) is 0 Å². The molecule has 0 radical (unpaired) electrons. The van der Waals surface area contributed by atoms with Crippen molar-refractivity contribution in [3.05, 3.63) is 45.1 Å². The topological polar surface area (TPSA) is 87.7 Å². The van der Waals surface area contributed by atoms with E-state index in [1.807, 2.05) is 25.3 Å². The third-order valence-corrected chi connectivity index (χ3v) is 6.64. The largest absolute Gasteiger partial charge is 0.370 e. The molecule has 31 heavy (non-hydrogen) atoms. The number of rotatable bonds is 8. The summed E-state index contributed by atoms with van der Waals surface area (Å²) in [5.74, 6) is 0.0236. The van der Waals surface area contributed by atoms with E-state index in [4.69, 9.17) is 16.3 Å². The quantitative estimate of drug-likeness (QED) is 0.602. The Morgan fingerprint density at radius 1 is 1.32 bits per heavy atom. The molecule has 7 nitrogen and oxygen atoms in total. The maximum absolute atomic E-state index is 12.9. The van der Waals surface area contributed by atoms with Gasteiger partial charge in [0.2, 0.25) is 5.91 Å². The van der Waals surface area contributed by atoms with Crippen LogP contribution >= 0.6 is 34.7 Å². The van der Waals surface area contributed by atoms with Crippen LogP contribution in [-0.4, -0.2) is 55.5 Å². The molecule has 0 spiro atoms. The molecule has 0 saturated carbocycles. The maximum Gasteiger partial charge on any atom is 0.262 e. The van der Waals surface area contributed by atoms with Crippen LogP contribution in [-0.2, 0) is 14.3 Å². The van der Waals surface area contributed by atoms with Gasteiger partial charge in [0.25, 0.3) is 11.8 Å². The van der Waals surface area contributed by atoms with Gasteiger partial charge < -0.3 is 20.3 Å². The molecule has 10 heteroatoms. The molecule has 2 aromatic rings. The summed E-state index contributed by atoms with van der Waals surface area (Å²) in [7, 11) is 0. The average Bonchev–Trinajstić information content (AvgIpc) is 3.18. The Bertz CT molecular complexity index is 966. The maximum atomic E-state index is 12.9. The Labute approximate surface area is 194 Å². The Hall–Kier alpha value is -2.07. The first-order valence-corrected chi connectivity index (χ1v) is 12.3. The van der Waals surface area contributed by atoms with Crippen molar-refractivity contribution in [3.8, 4) is 0 Å². The minimum Gasteiger partial charge on any atom is -0.370 e. The Kier molecular flexibility index (Phi) is 8.36. The molecule has 1 aliphatic rings. The van der Waals surface area contributed by atoms with E-state index in [1.165, 1.54) is 11.3 Å². The lowest BCUT2D eigenvalue weighted by molar-refractivity contribution is -0.125. The molecule has 3 rings (SSSR count). The second-order valence-electron chi connectivity index (χ2n) is 7.00. The molecule has 2 N–H and O–H groups in total. The summed E-state index contributed by atoms with van der Waals surface area (Å²) >= 11 is 8.69. The zero-order valence-electron chi connectivity index (χ0n) is 17.3. The fraction of sp³-hybridized carbons (Fsp3) is 0.381. The molecule has 1 saturated heterocycles. The number of anilines is 2. The van der Waals surface area contributed by atoms with Crippen molar-refractivity contribution in [2.75, 3.05) is 42.0 Å². The Balaban J connectivity index is 1.69. The molecular formula is C21H24ClN3O4S2. The fourth-order valence-corrected chi connectivity index (χ4v) is 4.63. The summed E-state index contributed by atoms with van der Waals surface area (Å²) < 4.78 is 5.70. The standard InChI is InChI=1S/C21H24ClN3O4S2/c1-13-11-14(3-4-16(13)25-8-9-29-12-19(25)26)23-20(27)15(7-10-30-2)24-21(28)17-5-6-18(22)31-17/h3-6,11,15H,7-10,12H2,1-2H3,(H,23,27)(H,24,28)/t15-/m1/s1. The van der Waals surface area contributed by atoms with Crippen LogP contribution < -0.4 is 15.5 Å². The number of hydrogen-bond donors (Lipinski definition) is 2. The van der Waals surface area contributed by atoms with Gasteiger partial charge in [0.1, 0.15) is 12.6 Å². The summed E-state index contributed by atoms with van der Waals surface area (Å²) in [5, 5.41) is 5.69. The number of ether oxygens (including phenoxy) is 1. The minimum absolute atomic E-state index is 0.0736. The van der Waals surface area contributed by atoms with Gasteiger partial charge in [-0.3, -0.25) is 14.4 Å². The number of hydrogen-bond acceptors (Lipinski definition) is 6. The molecule has 0 bridgehead atoms. The molecule has 1 aromatic carbocycles. The zero-order valence-corrected chi connectivity index (χ0v) is 19.7. The van der Waals surface area contributed by atoms with E-state index in [0.29, 0.717) is 34.5 Å². The van der Waals surface area contributed by atoms with Crippen LogP contribution in [0.5, 0.6) is 0 Å². The molecular weight excluding hydrogens is 458 g/mol. The summed E-state index contributed by atoms with van der Waals surface area (Å²) in [5.41, 5.74) is 2.27. The van der Waals surface area contributed by atoms with Crippen molar-refractivity contribution in [1.82, 2.24) is 5.32 Å². The first kappa shape index (κ1) is 23.6. The number of thioether (sulfide) groups is 1. The number of carbonyl (C=O) groups excluding carboxylic acids is 3. The number of thiophene rings is 1. The van der Waals surface area contributed by atoms with Gasteiger partial charge in [-0.15, -0.1) is 11.3 Å². The minimum atomic E-state index is -0.679. The molecule has 1 aromatic heterocycles. The van der Waals surface area contributed by atoms with Gasteiger partial charge >= 0.3 is 0 Å². The number of amides is 3. The van der Waals surface area contributed by atoms with Crippen LogP contribution in [0, 0.1) is 6.92 Å². The summed E-state index contributed by atoms with van der Waals surface area (Å²) in [6, 6.07) is 8.01. The highest BCUT2D eigenvalue weighted by atomic mass is 35.5. The normalized spacial score (nSPS) is 14.9. The number of nitrogens with zero attached hydrogens (tertiary/aromatic N) is 1. The van der Waals surface area contributed by atoms with Crippen LogP contribution in [0.2, 0.25) is 4.34 Å². The van der Waals surface area contributed by atoms with Crippen LogP contribution in [0.1, 0.15) is 21.7 Å². The number of nitrogens with one attached hydrogen (secondary N) is 2. The number of aryl methyl sites for hydroxylation is 1. The monoisotopic (exact) mass is 481 g/mol. The highest BCUT2D eigenvalue weighted by Crippen LogP contribution is 2.25. The fourth-order valence-electron chi connectivity index (χ4n) is 3.21. The van der Waals surface area contributed by atoms with Gasteiger partial charge in [-0.2, -0.15) is 11.8 Å². The Morgan fingerprint density at radius 2 is 2.13 bits per heavy atom. The predicted molar refractivity (Wildman–Crippen MR) is 127 cm³/mol. The van der Waals surface area contributed by atoms with Crippen molar-refractivity contribution in [2.45, 2.75) is 19.4 Å². The van der Waals surface area contributed by atoms with Gasteiger partial charge in [-0.1, -0.05) is 11.6 Å². The van der Waals surface area contributed by atoms with E-state index in [9.17, 15) is 14.4 Å². The smallest absolute Gasteiger partial charge is 0.262 e. The van der Waals surface area contributed by atoms with Crippen LogP contribution in [0.3, 0.4) is 0 Å². The van der Waals surface area contributed by atoms with Crippen molar-refractivity contribution in [3.63, 3.8) is 0 Å². The lowest BCUT2D eigenvalue weighted by atomic mass is 10.1. The molecule has 1 fully saturated rings. The van der Waals surface area contributed by atoms with Gasteiger partial charge in [0.05, 0.1) is 15.8 Å². The van der Waals surface area contributed by atoms with Crippen molar-refractivity contribution in [1.29, 1.82) is 0 Å². The number of morpholine rings is 1. The lowest BCUT2D eigenvalue weighted by Gasteiger charge is -2.28. The number of halogens is 1. The van der Waals surface area contributed by atoms with E-state index in [1.54, 1.807) is 34.9 Å². The highest BCUT2D eigenvalue weighted by Gasteiger charge is 2.24. The summed E-state index contributed by atoms with van der Waals surface area (Å²) in [6.45, 7) is 2.96. The molecule has 0 aliphatic carbocycles. The highest BCUT2D eigenvalue weighted by molar-refractivity contribution is 7.98.